The number of alkyl halides is 1. The Balaban J connectivity index is 2.91. The van der Waals surface area contributed by atoms with Crippen LogP contribution in [0.4, 0.5) is 0 Å². The standard InChI is InChI=1S/C9H15ClN2O2/c1-5(2)6-8(13-3)12-7(10)9(11-6)14-4/h5-7H,1-4H3/t6-,7+/m0/s1. The van der Waals surface area contributed by atoms with Crippen molar-refractivity contribution in [1.29, 1.82) is 0 Å². The van der Waals surface area contributed by atoms with Gasteiger partial charge in [-0.1, -0.05) is 25.4 Å². The average molecular weight is 219 g/mol. The Morgan fingerprint density at radius 1 is 1.14 bits per heavy atom. The van der Waals surface area contributed by atoms with E-state index >= 15 is 0 Å². The van der Waals surface area contributed by atoms with E-state index in [1.807, 2.05) is 13.8 Å². The second kappa shape index (κ2) is 4.64. The summed E-state index contributed by atoms with van der Waals surface area (Å²) in [5.41, 5.74) is -0.565. The van der Waals surface area contributed by atoms with Gasteiger partial charge in [0.15, 0.2) is 0 Å². The van der Waals surface area contributed by atoms with Crippen molar-refractivity contribution in [2.45, 2.75) is 25.4 Å². The summed E-state index contributed by atoms with van der Waals surface area (Å²) < 4.78 is 10.2. The summed E-state index contributed by atoms with van der Waals surface area (Å²) in [4.78, 5) is 8.50. The van der Waals surface area contributed by atoms with Gasteiger partial charge in [-0.2, -0.15) is 0 Å². The van der Waals surface area contributed by atoms with Gasteiger partial charge in [-0.25, -0.2) is 9.98 Å². The summed E-state index contributed by atoms with van der Waals surface area (Å²) in [6.45, 7) is 4.09. The van der Waals surface area contributed by atoms with Gasteiger partial charge in [0, 0.05) is 0 Å². The third-order valence-electron chi connectivity index (χ3n) is 2.01. The van der Waals surface area contributed by atoms with Crippen molar-refractivity contribution in [3.63, 3.8) is 0 Å². The summed E-state index contributed by atoms with van der Waals surface area (Å²) in [5, 5.41) is 0. The van der Waals surface area contributed by atoms with Gasteiger partial charge < -0.3 is 9.47 Å². The van der Waals surface area contributed by atoms with Crippen molar-refractivity contribution >= 4 is 23.4 Å². The number of hydrogen-bond donors (Lipinski definition) is 0. The highest BCUT2D eigenvalue weighted by Crippen LogP contribution is 2.18. The molecule has 0 bridgehead atoms. The molecule has 1 aliphatic heterocycles. The fourth-order valence-corrected chi connectivity index (χ4v) is 1.50. The van der Waals surface area contributed by atoms with E-state index in [-0.39, 0.29) is 6.04 Å². The van der Waals surface area contributed by atoms with Gasteiger partial charge in [-0.05, 0) is 5.92 Å². The van der Waals surface area contributed by atoms with Crippen LogP contribution in [0.5, 0.6) is 0 Å². The van der Waals surface area contributed by atoms with E-state index in [2.05, 4.69) is 9.98 Å². The maximum absolute atomic E-state index is 5.90. The lowest BCUT2D eigenvalue weighted by Crippen LogP contribution is -2.35. The maximum atomic E-state index is 5.90. The molecule has 0 unspecified atom stereocenters. The largest absolute Gasteiger partial charge is 0.483 e. The summed E-state index contributed by atoms with van der Waals surface area (Å²) in [6.07, 6.45) is 0. The van der Waals surface area contributed by atoms with Crippen molar-refractivity contribution in [2.75, 3.05) is 14.2 Å². The molecule has 0 radical (unpaired) electrons. The number of halogens is 1. The molecule has 14 heavy (non-hydrogen) atoms. The summed E-state index contributed by atoms with van der Waals surface area (Å²) >= 11 is 5.90. The van der Waals surface area contributed by atoms with Crippen molar-refractivity contribution in [1.82, 2.24) is 0 Å². The molecular weight excluding hydrogens is 204 g/mol. The molecule has 0 aromatic carbocycles. The molecule has 1 aliphatic rings. The third kappa shape index (κ3) is 2.18. The zero-order valence-corrected chi connectivity index (χ0v) is 9.58. The lowest BCUT2D eigenvalue weighted by molar-refractivity contribution is 0.341. The molecule has 0 aromatic rings. The van der Waals surface area contributed by atoms with Crippen LogP contribution in [0.1, 0.15) is 13.8 Å². The molecule has 1 rings (SSSR count). The Labute approximate surface area is 89.0 Å². The molecule has 0 fully saturated rings. The van der Waals surface area contributed by atoms with Crippen molar-refractivity contribution in [3.05, 3.63) is 0 Å². The quantitative estimate of drug-likeness (QED) is 0.497. The smallest absolute Gasteiger partial charge is 0.225 e. The molecule has 0 saturated heterocycles. The van der Waals surface area contributed by atoms with Crippen molar-refractivity contribution in [2.24, 2.45) is 15.9 Å². The van der Waals surface area contributed by atoms with Crippen molar-refractivity contribution in [3.8, 4) is 0 Å². The van der Waals surface area contributed by atoms with Gasteiger partial charge >= 0.3 is 0 Å². The summed E-state index contributed by atoms with van der Waals surface area (Å²) in [5.74, 6) is 1.33. The highest BCUT2D eigenvalue weighted by Gasteiger charge is 2.29. The minimum absolute atomic E-state index is 0.0926. The van der Waals surface area contributed by atoms with Gasteiger partial charge in [0.05, 0.1) is 14.2 Å². The first kappa shape index (κ1) is 11.3. The lowest BCUT2D eigenvalue weighted by atomic mass is 10.0. The first-order valence-electron chi connectivity index (χ1n) is 4.47. The van der Waals surface area contributed by atoms with Crippen LogP contribution in [0.2, 0.25) is 0 Å². The van der Waals surface area contributed by atoms with Gasteiger partial charge in [-0.3, -0.25) is 0 Å². The van der Waals surface area contributed by atoms with Gasteiger partial charge in [0.2, 0.25) is 17.3 Å². The Hall–Kier alpha value is -0.770. The predicted octanol–water partition coefficient (Wildman–Crippen LogP) is 1.68. The van der Waals surface area contributed by atoms with Crippen LogP contribution in [-0.2, 0) is 9.47 Å². The minimum atomic E-state index is -0.565. The van der Waals surface area contributed by atoms with E-state index in [1.165, 1.54) is 0 Å². The molecule has 0 aliphatic carbocycles. The minimum Gasteiger partial charge on any atom is -0.483 e. The van der Waals surface area contributed by atoms with Gasteiger partial charge in [0.25, 0.3) is 0 Å². The normalized spacial score (nSPS) is 27.0. The average Bonchev–Trinajstić information content (AvgIpc) is 2.16. The van der Waals surface area contributed by atoms with Crippen LogP contribution in [0.25, 0.3) is 0 Å². The molecule has 5 heteroatoms. The van der Waals surface area contributed by atoms with E-state index in [0.717, 1.165) is 0 Å². The number of hydrogen-bond acceptors (Lipinski definition) is 4. The fraction of sp³-hybridized carbons (Fsp3) is 0.778. The topological polar surface area (TPSA) is 43.2 Å². The Morgan fingerprint density at radius 2 is 1.71 bits per heavy atom. The molecule has 0 aromatic heterocycles. The maximum Gasteiger partial charge on any atom is 0.225 e. The zero-order chi connectivity index (χ0) is 10.7. The van der Waals surface area contributed by atoms with Crippen LogP contribution in [0.15, 0.2) is 9.98 Å². The molecule has 2 atom stereocenters. The molecule has 4 nitrogen and oxygen atoms in total. The first-order chi connectivity index (χ1) is 6.60. The van der Waals surface area contributed by atoms with E-state index in [0.29, 0.717) is 17.7 Å². The fourth-order valence-electron chi connectivity index (χ4n) is 1.25. The molecule has 0 N–H and O–H groups in total. The SMILES string of the molecule is COC1=N[C@@H](C(C)C)C(OC)=N[C@H]1Cl. The summed E-state index contributed by atoms with van der Waals surface area (Å²) in [6, 6.07) is -0.0926. The van der Waals surface area contributed by atoms with Gasteiger partial charge in [-0.15, -0.1) is 0 Å². The van der Waals surface area contributed by atoms with Gasteiger partial charge in [0.1, 0.15) is 6.04 Å². The molecule has 0 spiro atoms. The number of aliphatic imine (C=N–C) groups is 2. The Morgan fingerprint density at radius 3 is 2.14 bits per heavy atom. The molecule has 0 amide bonds. The number of nitrogens with zero attached hydrogens (tertiary/aromatic N) is 2. The lowest BCUT2D eigenvalue weighted by Gasteiger charge is -2.24. The van der Waals surface area contributed by atoms with Crippen LogP contribution < -0.4 is 0 Å². The molecule has 80 valence electrons. The second-order valence-electron chi connectivity index (χ2n) is 3.37. The number of methoxy groups -OCH3 is 2. The summed E-state index contributed by atoms with van der Waals surface area (Å²) in [7, 11) is 3.12. The zero-order valence-electron chi connectivity index (χ0n) is 8.82. The Kier molecular flexibility index (Phi) is 3.75. The van der Waals surface area contributed by atoms with Crippen molar-refractivity contribution < 1.29 is 9.47 Å². The van der Waals surface area contributed by atoms with E-state index in [4.69, 9.17) is 21.1 Å². The van der Waals surface area contributed by atoms with Crippen LogP contribution in [0.3, 0.4) is 0 Å². The number of rotatable bonds is 1. The number of ether oxygens (including phenoxy) is 2. The highest BCUT2D eigenvalue weighted by atomic mass is 35.5. The van der Waals surface area contributed by atoms with Crippen LogP contribution in [0, 0.1) is 5.92 Å². The van der Waals surface area contributed by atoms with Crippen LogP contribution in [-0.4, -0.2) is 37.6 Å². The van der Waals surface area contributed by atoms with Crippen LogP contribution >= 0.6 is 11.6 Å². The van der Waals surface area contributed by atoms with E-state index < -0.39 is 5.50 Å². The van der Waals surface area contributed by atoms with E-state index in [9.17, 15) is 0 Å². The molecule has 0 saturated carbocycles. The predicted molar refractivity (Wildman–Crippen MR) is 57.2 cm³/mol. The molecular formula is C9H15ClN2O2. The van der Waals surface area contributed by atoms with E-state index in [1.54, 1.807) is 14.2 Å². The third-order valence-corrected chi connectivity index (χ3v) is 2.30. The highest BCUT2D eigenvalue weighted by molar-refractivity contribution is 6.31. The monoisotopic (exact) mass is 218 g/mol. The first-order valence-corrected chi connectivity index (χ1v) is 4.91. The second-order valence-corrected chi connectivity index (χ2v) is 3.78. The Bertz CT molecular complexity index is 264. The molecule has 1 heterocycles.